The van der Waals surface area contributed by atoms with Gasteiger partial charge in [-0.25, -0.2) is 9.78 Å². The van der Waals surface area contributed by atoms with Crippen LogP contribution in [0.15, 0.2) is 30.3 Å². The summed E-state index contributed by atoms with van der Waals surface area (Å²) in [5.41, 5.74) is -3.10. The molecular formula is C19H13Cl3F3N3O3S. The first-order valence-electron chi connectivity index (χ1n) is 8.66. The van der Waals surface area contributed by atoms with E-state index in [-0.39, 0.29) is 20.7 Å². The van der Waals surface area contributed by atoms with E-state index in [0.29, 0.717) is 20.8 Å². The molecule has 0 unspecified atom stereocenters. The van der Waals surface area contributed by atoms with E-state index < -0.39 is 23.7 Å². The summed E-state index contributed by atoms with van der Waals surface area (Å²) in [4.78, 5) is 29.2. The molecule has 6 nitrogen and oxygen atoms in total. The molecule has 1 amide bonds. The molecule has 0 spiro atoms. The van der Waals surface area contributed by atoms with Crippen LogP contribution in [0.5, 0.6) is 0 Å². The maximum atomic E-state index is 14.3. The molecule has 3 aromatic rings. The Morgan fingerprint density at radius 1 is 1.09 bits per heavy atom. The maximum absolute atomic E-state index is 14.3. The number of nitrogens with zero attached hydrogens (tertiary/aromatic N) is 1. The molecule has 1 atom stereocenters. The lowest BCUT2D eigenvalue weighted by Crippen LogP contribution is -2.69. The molecule has 0 bridgehead atoms. The zero-order chi connectivity index (χ0) is 23.8. The van der Waals surface area contributed by atoms with E-state index in [1.807, 2.05) is 5.32 Å². The van der Waals surface area contributed by atoms with E-state index >= 15 is 0 Å². The van der Waals surface area contributed by atoms with Crippen LogP contribution in [-0.4, -0.2) is 35.8 Å². The molecule has 0 aliphatic heterocycles. The van der Waals surface area contributed by atoms with Crippen LogP contribution in [0.1, 0.15) is 15.9 Å². The Labute approximate surface area is 198 Å². The summed E-state index contributed by atoms with van der Waals surface area (Å²) in [6, 6.07) is 6.72. The van der Waals surface area contributed by atoms with E-state index in [0.717, 1.165) is 24.5 Å². The van der Waals surface area contributed by atoms with Crippen LogP contribution in [0, 0.1) is 6.92 Å². The van der Waals surface area contributed by atoms with Crippen LogP contribution in [-0.2, 0) is 9.53 Å². The molecule has 0 fully saturated rings. The molecular weight excluding hydrogens is 514 g/mol. The van der Waals surface area contributed by atoms with Gasteiger partial charge in [0.05, 0.1) is 27.9 Å². The number of alkyl halides is 3. The van der Waals surface area contributed by atoms with Crippen LogP contribution >= 0.6 is 46.1 Å². The van der Waals surface area contributed by atoms with Gasteiger partial charge >= 0.3 is 17.8 Å². The number of nitrogens with one attached hydrogen (secondary N) is 2. The Hall–Kier alpha value is -2.27. The lowest BCUT2D eigenvalue weighted by Gasteiger charge is -2.34. The Kier molecular flexibility index (Phi) is 6.80. The molecule has 1 aromatic heterocycles. The summed E-state index contributed by atoms with van der Waals surface area (Å²) in [5.74, 6) is -3.10. The number of methoxy groups -OCH3 is 1. The van der Waals surface area contributed by atoms with Crippen molar-refractivity contribution in [2.75, 3.05) is 12.4 Å². The lowest BCUT2D eigenvalue weighted by atomic mass is 10.1. The van der Waals surface area contributed by atoms with Gasteiger partial charge in [0.2, 0.25) is 0 Å². The fourth-order valence-electron chi connectivity index (χ4n) is 2.77. The van der Waals surface area contributed by atoms with Crippen LogP contribution in [0.2, 0.25) is 15.1 Å². The van der Waals surface area contributed by atoms with Crippen LogP contribution in [0.3, 0.4) is 0 Å². The molecule has 2 aromatic carbocycles. The zero-order valence-corrected chi connectivity index (χ0v) is 19.3. The van der Waals surface area contributed by atoms with Crippen LogP contribution < -0.4 is 10.6 Å². The summed E-state index contributed by atoms with van der Waals surface area (Å²) in [6.45, 7) is 1.65. The Morgan fingerprint density at radius 3 is 2.38 bits per heavy atom. The molecule has 0 saturated heterocycles. The number of rotatable bonds is 5. The number of halogens is 6. The smallest absolute Gasteiger partial charge is 0.442 e. The van der Waals surface area contributed by atoms with Crippen molar-refractivity contribution in [2.24, 2.45) is 0 Å². The Bertz CT molecular complexity index is 1220. The van der Waals surface area contributed by atoms with Crippen molar-refractivity contribution in [1.82, 2.24) is 10.3 Å². The third-order valence-electron chi connectivity index (χ3n) is 4.44. The van der Waals surface area contributed by atoms with Gasteiger partial charge in [-0.05, 0) is 42.8 Å². The van der Waals surface area contributed by atoms with E-state index in [4.69, 9.17) is 34.8 Å². The van der Waals surface area contributed by atoms with E-state index in [1.54, 1.807) is 24.4 Å². The monoisotopic (exact) mass is 525 g/mol. The minimum atomic E-state index is -5.33. The first kappa shape index (κ1) is 24.4. The highest BCUT2D eigenvalue weighted by molar-refractivity contribution is 7.22. The molecule has 32 heavy (non-hydrogen) atoms. The number of carbonyl (C=O) groups is 2. The number of amides is 1. The number of fused-ring (bicyclic) bond motifs is 1. The second kappa shape index (κ2) is 8.93. The van der Waals surface area contributed by atoms with Crippen molar-refractivity contribution in [3.8, 4) is 0 Å². The number of aryl methyl sites for hydroxylation is 1. The highest BCUT2D eigenvalue weighted by Gasteiger charge is 2.64. The number of aromatic nitrogens is 1. The molecule has 0 radical (unpaired) electrons. The molecule has 3 rings (SSSR count). The molecule has 1 heterocycles. The summed E-state index contributed by atoms with van der Waals surface area (Å²) >= 11 is 18.6. The number of benzene rings is 2. The number of anilines is 1. The van der Waals surface area contributed by atoms with Gasteiger partial charge in [0.25, 0.3) is 5.91 Å². The second-order valence-electron chi connectivity index (χ2n) is 6.48. The van der Waals surface area contributed by atoms with Gasteiger partial charge in [0, 0.05) is 10.0 Å². The van der Waals surface area contributed by atoms with Crippen LogP contribution in [0.25, 0.3) is 10.2 Å². The third-order valence-corrected chi connectivity index (χ3v) is 6.33. The second-order valence-corrected chi connectivity index (χ2v) is 8.76. The predicted molar refractivity (Wildman–Crippen MR) is 118 cm³/mol. The highest BCUT2D eigenvalue weighted by atomic mass is 35.5. The lowest BCUT2D eigenvalue weighted by molar-refractivity contribution is -0.203. The number of hydrogen-bond donors (Lipinski definition) is 2. The maximum Gasteiger partial charge on any atom is 0.442 e. The molecule has 170 valence electrons. The SMILES string of the molecule is COC(=O)[C@](NC(=O)c1ccc(Cl)cc1Cl)(Nc1nc2c(C)c(Cl)ccc2s1)C(F)(F)F. The van der Waals surface area contributed by atoms with Gasteiger partial charge < -0.3 is 15.4 Å². The van der Waals surface area contributed by atoms with Crippen molar-refractivity contribution >= 4 is 73.4 Å². The van der Waals surface area contributed by atoms with Gasteiger partial charge in [0.15, 0.2) is 5.13 Å². The van der Waals surface area contributed by atoms with E-state index in [1.165, 1.54) is 12.1 Å². The van der Waals surface area contributed by atoms with Crippen molar-refractivity contribution in [1.29, 1.82) is 0 Å². The van der Waals surface area contributed by atoms with Crippen molar-refractivity contribution in [3.05, 3.63) is 56.5 Å². The predicted octanol–water partition coefficient (Wildman–Crippen LogP) is 5.84. The Morgan fingerprint density at radius 2 is 1.78 bits per heavy atom. The average Bonchev–Trinajstić information content (AvgIpc) is 3.12. The number of hydrogen-bond acceptors (Lipinski definition) is 6. The molecule has 13 heteroatoms. The minimum absolute atomic E-state index is 0.170. The minimum Gasteiger partial charge on any atom is -0.466 e. The fourth-order valence-corrected chi connectivity index (χ4v) is 4.40. The summed E-state index contributed by atoms with van der Waals surface area (Å²) in [6.07, 6.45) is -5.33. The van der Waals surface area contributed by atoms with Gasteiger partial charge in [-0.15, -0.1) is 0 Å². The Balaban J connectivity index is 2.10. The van der Waals surface area contributed by atoms with Crippen LogP contribution in [0.4, 0.5) is 18.3 Å². The van der Waals surface area contributed by atoms with Crippen molar-refractivity contribution in [2.45, 2.75) is 18.8 Å². The number of esters is 1. The quantitative estimate of drug-likeness (QED) is 0.323. The standard InChI is InChI=1S/C19H13Cl3F3N3O3S/c1-8-11(21)5-6-13-14(8)26-17(32-13)28-18(16(30)31-2,19(23,24)25)27-15(29)10-4-3-9(20)7-12(10)22/h3-7H,1-2H3,(H,26,28)(H,27,29)/t18-/m0/s1. The topological polar surface area (TPSA) is 80.3 Å². The fraction of sp³-hybridized carbons (Fsp3) is 0.211. The van der Waals surface area contributed by atoms with E-state index in [9.17, 15) is 22.8 Å². The highest BCUT2D eigenvalue weighted by Crippen LogP contribution is 2.37. The first-order valence-corrected chi connectivity index (χ1v) is 10.6. The molecule has 0 aliphatic rings. The molecule has 2 N–H and O–H groups in total. The largest absolute Gasteiger partial charge is 0.466 e. The van der Waals surface area contributed by atoms with Gasteiger partial charge in [0.1, 0.15) is 0 Å². The average molecular weight is 527 g/mol. The molecule has 0 saturated carbocycles. The number of carbonyl (C=O) groups excluding carboxylic acids is 2. The normalized spacial score (nSPS) is 13.5. The van der Waals surface area contributed by atoms with E-state index in [2.05, 4.69) is 9.72 Å². The van der Waals surface area contributed by atoms with Gasteiger partial charge in [-0.2, -0.15) is 13.2 Å². The van der Waals surface area contributed by atoms with Crippen molar-refractivity contribution in [3.63, 3.8) is 0 Å². The summed E-state index contributed by atoms with van der Waals surface area (Å²) in [5, 5.41) is 3.73. The zero-order valence-electron chi connectivity index (χ0n) is 16.2. The summed E-state index contributed by atoms with van der Waals surface area (Å²) in [7, 11) is 0.758. The third kappa shape index (κ3) is 4.45. The van der Waals surface area contributed by atoms with Gasteiger partial charge in [-0.1, -0.05) is 46.1 Å². The summed E-state index contributed by atoms with van der Waals surface area (Å²) < 4.78 is 47.7. The first-order chi connectivity index (χ1) is 14.9. The number of thiazole rings is 1. The van der Waals surface area contributed by atoms with Crippen molar-refractivity contribution < 1.29 is 27.5 Å². The van der Waals surface area contributed by atoms with Gasteiger partial charge in [-0.3, -0.25) is 4.79 Å². The number of ether oxygens (including phenoxy) is 1. The molecule has 0 aliphatic carbocycles.